The van der Waals surface area contributed by atoms with E-state index in [2.05, 4.69) is 51.8 Å². The van der Waals surface area contributed by atoms with E-state index in [1.54, 1.807) is 11.3 Å². The van der Waals surface area contributed by atoms with E-state index >= 15 is 0 Å². The Morgan fingerprint density at radius 3 is 2.88 bits per heavy atom. The summed E-state index contributed by atoms with van der Waals surface area (Å²) in [6, 6.07) is 4.68. The van der Waals surface area contributed by atoms with Crippen LogP contribution in [0.3, 0.4) is 0 Å². The van der Waals surface area contributed by atoms with Crippen LogP contribution < -0.4 is 5.32 Å². The van der Waals surface area contributed by atoms with E-state index < -0.39 is 0 Å². The predicted molar refractivity (Wildman–Crippen MR) is 68.7 cm³/mol. The van der Waals surface area contributed by atoms with E-state index in [9.17, 15) is 0 Å². The third kappa shape index (κ3) is 2.18. The zero-order chi connectivity index (χ0) is 11.5. The van der Waals surface area contributed by atoms with Gasteiger partial charge in [-0.25, -0.2) is 0 Å². The predicted octanol–water partition coefficient (Wildman–Crippen LogP) is 2.91. The average Bonchev–Trinajstić information content (AvgIpc) is 2.83. The molecule has 0 atom stereocenters. The molecule has 2 rings (SSSR count). The molecule has 4 heteroatoms. The summed E-state index contributed by atoms with van der Waals surface area (Å²) in [6.07, 6.45) is 0. The quantitative estimate of drug-likeness (QED) is 0.883. The Balaban J connectivity index is 2.38. The van der Waals surface area contributed by atoms with Gasteiger partial charge in [0, 0.05) is 23.5 Å². The molecule has 86 valence electrons. The largest absolute Gasteiger partial charge is 0.314 e. The maximum Gasteiger partial charge on any atom is 0.0935 e. The lowest BCUT2D eigenvalue weighted by atomic mass is 10.2. The highest BCUT2D eigenvalue weighted by atomic mass is 32.1. The third-order valence-corrected chi connectivity index (χ3v) is 3.16. The first-order valence-corrected chi connectivity index (χ1v) is 6.42. The number of hydrogen-bond acceptors (Lipinski definition) is 3. The van der Waals surface area contributed by atoms with Gasteiger partial charge < -0.3 is 5.32 Å². The van der Waals surface area contributed by atoms with Gasteiger partial charge in [0.25, 0.3) is 0 Å². The third-order valence-electron chi connectivity index (χ3n) is 2.48. The fraction of sp³-hybridized carbons (Fsp3) is 0.417. The van der Waals surface area contributed by atoms with Crippen LogP contribution in [-0.2, 0) is 6.54 Å². The van der Waals surface area contributed by atoms with Crippen molar-refractivity contribution >= 4 is 11.3 Å². The average molecular weight is 235 g/mol. The maximum atomic E-state index is 4.65. The highest BCUT2D eigenvalue weighted by Crippen LogP contribution is 2.23. The summed E-state index contributed by atoms with van der Waals surface area (Å²) in [4.78, 5) is 0. The molecule has 0 aliphatic heterocycles. The normalized spacial score (nSPS) is 11.2. The van der Waals surface area contributed by atoms with Crippen LogP contribution in [0, 0.1) is 0 Å². The van der Waals surface area contributed by atoms with Gasteiger partial charge in [-0.05, 0) is 38.4 Å². The van der Waals surface area contributed by atoms with Gasteiger partial charge in [0.1, 0.15) is 0 Å². The molecular formula is C12H17N3S. The van der Waals surface area contributed by atoms with Crippen molar-refractivity contribution in [1.82, 2.24) is 15.1 Å². The molecule has 0 unspecified atom stereocenters. The van der Waals surface area contributed by atoms with Crippen LogP contribution in [0.25, 0.3) is 11.3 Å². The molecule has 0 saturated carbocycles. The van der Waals surface area contributed by atoms with Crippen LogP contribution in [0.2, 0.25) is 0 Å². The Bertz CT molecular complexity index is 443. The van der Waals surface area contributed by atoms with Crippen LogP contribution in [0.1, 0.15) is 25.6 Å². The van der Waals surface area contributed by atoms with Crippen molar-refractivity contribution in [2.24, 2.45) is 0 Å². The minimum Gasteiger partial charge on any atom is -0.314 e. The summed E-state index contributed by atoms with van der Waals surface area (Å²) in [6.45, 7) is 5.17. The van der Waals surface area contributed by atoms with Crippen LogP contribution >= 0.6 is 11.3 Å². The minimum atomic E-state index is 0.399. The van der Waals surface area contributed by atoms with Gasteiger partial charge in [0.2, 0.25) is 0 Å². The summed E-state index contributed by atoms with van der Waals surface area (Å²) in [5.41, 5.74) is 3.51. The van der Waals surface area contributed by atoms with Gasteiger partial charge in [-0.2, -0.15) is 16.4 Å². The van der Waals surface area contributed by atoms with E-state index in [1.165, 1.54) is 11.3 Å². The van der Waals surface area contributed by atoms with E-state index in [0.29, 0.717) is 6.04 Å². The Kier molecular flexibility index (Phi) is 3.41. The van der Waals surface area contributed by atoms with Crippen LogP contribution in [0.4, 0.5) is 0 Å². The van der Waals surface area contributed by atoms with Crippen molar-refractivity contribution in [3.63, 3.8) is 0 Å². The van der Waals surface area contributed by atoms with Gasteiger partial charge in [-0.1, -0.05) is 0 Å². The second kappa shape index (κ2) is 4.80. The van der Waals surface area contributed by atoms with Gasteiger partial charge in [0.15, 0.2) is 0 Å². The molecule has 0 fully saturated rings. The topological polar surface area (TPSA) is 29.9 Å². The minimum absolute atomic E-state index is 0.399. The number of aromatic nitrogens is 2. The number of hydrogen-bond donors (Lipinski definition) is 1. The molecule has 1 N–H and O–H groups in total. The first-order valence-electron chi connectivity index (χ1n) is 5.48. The summed E-state index contributed by atoms with van der Waals surface area (Å²) in [7, 11) is 1.96. The van der Waals surface area contributed by atoms with Gasteiger partial charge in [0.05, 0.1) is 11.4 Å². The molecule has 2 heterocycles. The first-order chi connectivity index (χ1) is 7.72. The lowest BCUT2D eigenvalue weighted by Gasteiger charge is -2.09. The second-order valence-electron chi connectivity index (χ2n) is 4.10. The standard InChI is InChI=1S/C12H17N3S/c1-9(2)15-11(7-13-3)6-12(14-15)10-4-5-16-8-10/h4-6,8-9,13H,7H2,1-3H3. The Labute approximate surface area is 100 Å². The molecule has 3 nitrogen and oxygen atoms in total. The Hall–Kier alpha value is -1.13. The highest BCUT2D eigenvalue weighted by Gasteiger charge is 2.11. The maximum absolute atomic E-state index is 4.65. The summed E-state index contributed by atoms with van der Waals surface area (Å²) >= 11 is 1.71. The molecule has 0 spiro atoms. The number of nitrogens with zero attached hydrogens (tertiary/aromatic N) is 2. The fourth-order valence-electron chi connectivity index (χ4n) is 1.74. The molecule has 2 aromatic rings. The molecule has 16 heavy (non-hydrogen) atoms. The van der Waals surface area contributed by atoms with Crippen molar-refractivity contribution in [1.29, 1.82) is 0 Å². The van der Waals surface area contributed by atoms with E-state index in [1.807, 2.05) is 7.05 Å². The van der Waals surface area contributed by atoms with Crippen LogP contribution in [-0.4, -0.2) is 16.8 Å². The molecule has 0 bridgehead atoms. The smallest absolute Gasteiger partial charge is 0.0935 e. The van der Waals surface area contributed by atoms with Crippen molar-refractivity contribution in [2.75, 3.05) is 7.05 Å². The number of nitrogens with one attached hydrogen (secondary N) is 1. The number of thiophene rings is 1. The zero-order valence-electron chi connectivity index (χ0n) is 9.90. The van der Waals surface area contributed by atoms with Gasteiger partial charge >= 0.3 is 0 Å². The van der Waals surface area contributed by atoms with Crippen LogP contribution in [0.5, 0.6) is 0 Å². The van der Waals surface area contributed by atoms with Gasteiger partial charge in [-0.15, -0.1) is 0 Å². The fourth-order valence-corrected chi connectivity index (χ4v) is 2.39. The summed E-state index contributed by atoms with van der Waals surface area (Å²) in [5.74, 6) is 0. The lowest BCUT2D eigenvalue weighted by Crippen LogP contribution is -2.13. The Morgan fingerprint density at radius 1 is 1.50 bits per heavy atom. The van der Waals surface area contributed by atoms with Crippen molar-refractivity contribution in [2.45, 2.75) is 26.4 Å². The SMILES string of the molecule is CNCc1cc(-c2ccsc2)nn1C(C)C. The highest BCUT2D eigenvalue weighted by molar-refractivity contribution is 7.08. The van der Waals surface area contributed by atoms with E-state index in [0.717, 1.165) is 12.2 Å². The van der Waals surface area contributed by atoms with Crippen molar-refractivity contribution < 1.29 is 0 Å². The zero-order valence-corrected chi connectivity index (χ0v) is 10.7. The molecule has 0 aliphatic carbocycles. The molecule has 0 amide bonds. The monoisotopic (exact) mass is 235 g/mol. The number of rotatable bonds is 4. The van der Waals surface area contributed by atoms with Crippen LogP contribution in [0.15, 0.2) is 22.9 Å². The molecule has 0 radical (unpaired) electrons. The molecular weight excluding hydrogens is 218 g/mol. The molecule has 0 aromatic carbocycles. The lowest BCUT2D eigenvalue weighted by molar-refractivity contribution is 0.503. The second-order valence-corrected chi connectivity index (χ2v) is 4.88. The van der Waals surface area contributed by atoms with E-state index in [4.69, 9.17) is 0 Å². The first kappa shape index (κ1) is 11.4. The van der Waals surface area contributed by atoms with Gasteiger partial charge in [-0.3, -0.25) is 4.68 Å². The molecule has 0 saturated heterocycles. The molecule has 0 aliphatic rings. The molecule has 2 aromatic heterocycles. The Morgan fingerprint density at radius 2 is 2.31 bits per heavy atom. The summed E-state index contributed by atoms with van der Waals surface area (Å²) in [5, 5.41) is 12.1. The van der Waals surface area contributed by atoms with Crippen molar-refractivity contribution in [3.8, 4) is 11.3 Å². The van der Waals surface area contributed by atoms with E-state index in [-0.39, 0.29) is 0 Å². The van der Waals surface area contributed by atoms with Crippen molar-refractivity contribution in [3.05, 3.63) is 28.6 Å². The summed E-state index contributed by atoms with van der Waals surface area (Å²) < 4.78 is 2.09.